The van der Waals surface area contributed by atoms with Crippen LogP contribution in [0.5, 0.6) is 0 Å². The van der Waals surface area contributed by atoms with Gasteiger partial charge in [-0.2, -0.15) is 32.9 Å². The Hall–Kier alpha value is -1.78. The van der Waals surface area contributed by atoms with Gasteiger partial charge >= 0.3 is 12.4 Å². The highest BCUT2D eigenvalue weighted by molar-refractivity contribution is 9.10. The van der Waals surface area contributed by atoms with Crippen LogP contribution in [-0.2, 0) is 23.0 Å². The third kappa shape index (κ3) is 5.66. The Morgan fingerprint density at radius 2 is 1.76 bits per heavy atom. The summed E-state index contributed by atoms with van der Waals surface area (Å²) in [6.45, 7) is 0.343. The summed E-state index contributed by atoms with van der Waals surface area (Å²) in [5.74, 6) is 0. The van der Waals surface area contributed by atoms with Gasteiger partial charge in [-0.25, -0.2) is 0 Å². The average molecular weight is 557 g/mol. The van der Waals surface area contributed by atoms with Crippen molar-refractivity contribution in [2.75, 3.05) is 6.54 Å². The fourth-order valence-corrected chi connectivity index (χ4v) is 4.36. The smallest absolute Gasteiger partial charge is 0.435 e. The van der Waals surface area contributed by atoms with E-state index in [2.05, 4.69) is 21.1 Å². The van der Waals surface area contributed by atoms with Gasteiger partial charge in [-0.15, -0.1) is 0 Å². The molecule has 11 heteroatoms. The van der Waals surface area contributed by atoms with Crippen molar-refractivity contribution in [2.45, 2.75) is 50.1 Å². The van der Waals surface area contributed by atoms with Crippen LogP contribution in [0.1, 0.15) is 47.9 Å². The van der Waals surface area contributed by atoms with Gasteiger partial charge in [-0.1, -0.05) is 57.7 Å². The number of oxime groups is 1. The van der Waals surface area contributed by atoms with Gasteiger partial charge in [0.15, 0.2) is 0 Å². The van der Waals surface area contributed by atoms with Gasteiger partial charge < -0.3 is 10.6 Å². The topological polar surface area (TPSA) is 45.4 Å². The first-order valence-corrected chi connectivity index (χ1v) is 11.2. The van der Waals surface area contributed by atoms with Crippen molar-refractivity contribution in [2.24, 2.45) is 5.16 Å². The molecule has 33 heavy (non-hydrogen) atoms. The normalized spacial score (nSPS) is 18.9. The van der Waals surface area contributed by atoms with E-state index in [1.807, 2.05) is 0 Å². The first-order chi connectivity index (χ1) is 15.4. The van der Waals surface area contributed by atoms with E-state index < -0.39 is 35.5 Å². The molecule has 0 fully saturated rings. The molecule has 0 saturated heterocycles. The van der Waals surface area contributed by atoms with Crippen LogP contribution in [-0.4, -0.2) is 18.4 Å². The van der Waals surface area contributed by atoms with Crippen LogP contribution in [0.4, 0.5) is 26.3 Å². The molecular formula is C22H19BrClF6N2O-. The monoisotopic (exact) mass is 555 g/mol. The SMILES string of the molecule is [NH-]CCCCCc1ccc(C2=NOC(c3cc(Br)cc(C(F)(F)F)c3)(C(F)(F)F)C2)cc1Cl. The summed E-state index contributed by atoms with van der Waals surface area (Å²) in [6, 6.07) is 6.83. The summed E-state index contributed by atoms with van der Waals surface area (Å²) in [6.07, 6.45) is -7.56. The zero-order chi connectivity index (χ0) is 24.4. The summed E-state index contributed by atoms with van der Waals surface area (Å²) >= 11 is 9.17. The zero-order valence-electron chi connectivity index (χ0n) is 17.1. The number of benzene rings is 2. The fraction of sp³-hybridized carbons (Fsp3) is 0.409. The van der Waals surface area contributed by atoms with Crippen LogP contribution in [0.2, 0.25) is 5.02 Å². The molecule has 2 aromatic rings. The van der Waals surface area contributed by atoms with Crippen LogP contribution < -0.4 is 0 Å². The van der Waals surface area contributed by atoms with E-state index in [1.54, 1.807) is 12.1 Å². The van der Waals surface area contributed by atoms with Crippen LogP contribution in [0, 0.1) is 0 Å². The highest BCUT2D eigenvalue weighted by Crippen LogP contribution is 2.50. The Morgan fingerprint density at radius 3 is 2.36 bits per heavy atom. The number of unbranched alkanes of at least 4 members (excludes halogenated alkanes) is 2. The molecule has 0 aromatic heterocycles. The van der Waals surface area contributed by atoms with Crippen molar-refractivity contribution < 1.29 is 31.2 Å². The van der Waals surface area contributed by atoms with Gasteiger partial charge in [0.1, 0.15) is 0 Å². The number of halogens is 8. The number of hydrogen-bond donors (Lipinski definition) is 0. The molecule has 3 rings (SSSR count). The standard InChI is InChI=1S/C22H19BrClF6N2O/c23-17-10-15(9-16(11-17)21(25,26)27)20(22(28,29)30)12-19(32-33-20)14-6-5-13(18(24)8-14)4-2-1-3-7-31/h5-6,8-11,31H,1-4,7,12H2/q-1. The van der Waals surface area contributed by atoms with Gasteiger partial charge in [0, 0.05) is 27.0 Å². The van der Waals surface area contributed by atoms with Crippen molar-refractivity contribution in [1.29, 1.82) is 0 Å². The molecule has 1 N–H and O–H groups in total. The summed E-state index contributed by atoms with van der Waals surface area (Å²) < 4.78 is 82.0. The van der Waals surface area contributed by atoms with Crippen LogP contribution in [0.15, 0.2) is 46.0 Å². The van der Waals surface area contributed by atoms with E-state index in [0.717, 1.165) is 30.9 Å². The number of nitrogens with one attached hydrogen (secondary N) is 1. The van der Waals surface area contributed by atoms with Crippen LogP contribution in [0.3, 0.4) is 0 Å². The summed E-state index contributed by atoms with van der Waals surface area (Å²) in [7, 11) is 0. The van der Waals surface area contributed by atoms with E-state index in [0.29, 0.717) is 35.7 Å². The molecule has 0 aliphatic carbocycles. The highest BCUT2D eigenvalue weighted by Gasteiger charge is 2.62. The maximum atomic E-state index is 14.2. The number of aryl methyl sites for hydroxylation is 1. The number of nitrogens with zero attached hydrogens (tertiary/aromatic N) is 1. The lowest BCUT2D eigenvalue weighted by molar-refractivity contribution is -0.276. The second-order valence-corrected chi connectivity index (χ2v) is 9.05. The number of hydrogen-bond acceptors (Lipinski definition) is 2. The molecule has 0 amide bonds. The highest BCUT2D eigenvalue weighted by atomic mass is 79.9. The van der Waals surface area contributed by atoms with E-state index >= 15 is 0 Å². The third-order valence-corrected chi connectivity index (χ3v) is 6.20. The molecule has 0 saturated carbocycles. The molecule has 1 aliphatic heterocycles. The van der Waals surface area contributed by atoms with E-state index in [-0.39, 0.29) is 10.2 Å². The minimum absolute atomic E-state index is 0.0662. The Morgan fingerprint density at radius 1 is 1.03 bits per heavy atom. The van der Waals surface area contributed by atoms with Crippen molar-refractivity contribution in [3.63, 3.8) is 0 Å². The van der Waals surface area contributed by atoms with Gasteiger partial charge in [-0.05, 0) is 42.7 Å². The maximum absolute atomic E-state index is 14.2. The molecule has 3 nitrogen and oxygen atoms in total. The summed E-state index contributed by atoms with van der Waals surface area (Å²) in [5.41, 5.74) is 3.21. The predicted octanol–water partition coefficient (Wildman–Crippen LogP) is 8.47. The first kappa shape index (κ1) is 25.8. The Labute approximate surface area is 200 Å². The average Bonchev–Trinajstić information content (AvgIpc) is 3.18. The Balaban J connectivity index is 1.90. The van der Waals surface area contributed by atoms with Crippen molar-refractivity contribution in [3.05, 3.63) is 73.9 Å². The largest absolute Gasteiger partial charge is 0.677 e. The van der Waals surface area contributed by atoms with Crippen molar-refractivity contribution >= 4 is 33.2 Å². The lowest BCUT2D eigenvalue weighted by Gasteiger charge is -2.30. The molecule has 2 aromatic carbocycles. The van der Waals surface area contributed by atoms with Crippen molar-refractivity contribution in [3.8, 4) is 0 Å². The van der Waals surface area contributed by atoms with Crippen LogP contribution >= 0.6 is 27.5 Å². The minimum Gasteiger partial charge on any atom is -0.677 e. The summed E-state index contributed by atoms with van der Waals surface area (Å²) in [5, 5.41) is 3.96. The minimum atomic E-state index is -5.04. The van der Waals surface area contributed by atoms with Gasteiger partial charge in [0.05, 0.1) is 11.3 Å². The Kier molecular flexibility index (Phi) is 7.70. The number of rotatable bonds is 7. The van der Waals surface area contributed by atoms with Crippen LogP contribution in [0.25, 0.3) is 5.73 Å². The molecule has 0 radical (unpaired) electrons. The second kappa shape index (κ2) is 9.84. The van der Waals surface area contributed by atoms with E-state index in [9.17, 15) is 26.3 Å². The lowest BCUT2D eigenvalue weighted by atomic mass is 9.85. The van der Waals surface area contributed by atoms with Crippen molar-refractivity contribution in [1.82, 2.24) is 0 Å². The van der Waals surface area contributed by atoms with Gasteiger partial charge in [0.2, 0.25) is 0 Å². The quantitative estimate of drug-likeness (QED) is 0.249. The molecule has 0 spiro atoms. The van der Waals surface area contributed by atoms with Gasteiger partial charge in [-0.3, -0.25) is 0 Å². The first-order valence-electron chi connectivity index (χ1n) is 10.0. The second-order valence-electron chi connectivity index (χ2n) is 7.72. The molecular weight excluding hydrogens is 538 g/mol. The maximum Gasteiger partial charge on any atom is 0.435 e. The molecule has 1 aliphatic rings. The van der Waals surface area contributed by atoms with E-state index in [4.69, 9.17) is 22.2 Å². The zero-order valence-corrected chi connectivity index (χ0v) is 19.4. The van der Waals surface area contributed by atoms with Gasteiger partial charge in [0.25, 0.3) is 5.60 Å². The fourth-order valence-electron chi connectivity index (χ4n) is 3.59. The molecule has 1 unspecified atom stereocenters. The van der Waals surface area contributed by atoms with E-state index in [1.165, 1.54) is 6.07 Å². The predicted molar refractivity (Wildman–Crippen MR) is 117 cm³/mol. The number of alkyl halides is 6. The summed E-state index contributed by atoms with van der Waals surface area (Å²) in [4.78, 5) is 4.86. The molecule has 180 valence electrons. The lowest BCUT2D eigenvalue weighted by Crippen LogP contribution is -2.43. The Bertz CT molecular complexity index is 1040. The molecule has 1 heterocycles. The third-order valence-electron chi connectivity index (χ3n) is 5.39. The molecule has 1 atom stereocenters. The molecule has 0 bridgehead atoms.